The molecule has 0 aliphatic carbocycles. The summed E-state index contributed by atoms with van der Waals surface area (Å²) in [6.07, 6.45) is 0.596. The van der Waals surface area contributed by atoms with Crippen LogP contribution >= 0.6 is 23.2 Å². The molecule has 0 saturated carbocycles. The van der Waals surface area contributed by atoms with Crippen LogP contribution in [0.15, 0.2) is 30.3 Å². The highest BCUT2D eigenvalue weighted by atomic mass is 35.5. The molecule has 0 amide bonds. The average Bonchev–Trinajstić information content (AvgIpc) is 2.33. The van der Waals surface area contributed by atoms with Gasteiger partial charge in [-0.25, -0.2) is 4.98 Å². The molecule has 2 nitrogen and oxygen atoms in total. The standard InChI is InChI=1S/C12H6Cl2FNO/c13-9-3-1-2-8(11(9)14)12-7(6-17)4-5-10(15)16-12/h1-6H. The molecule has 0 unspecified atom stereocenters. The second-order valence-corrected chi connectivity index (χ2v) is 4.08. The second-order valence-electron chi connectivity index (χ2n) is 3.29. The van der Waals surface area contributed by atoms with Crippen molar-refractivity contribution in [2.45, 2.75) is 0 Å². The molecule has 2 aromatic rings. The molecule has 0 spiro atoms. The summed E-state index contributed by atoms with van der Waals surface area (Å²) >= 11 is 11.9. The van der Waals surface area contributed by atoms with Gasteiger partial charge in [0.15, 0.2) is 6.29 Å². The Balaban J connectivity index is 2.71. The first kappa shape index (κ1) is 12.0. The summed E-state index contributed by atoms with van der Waals surface area (Å²) in [5.74, 6) is -0.679. The van der Waals surface area contributed by atoms with E-state index in [-0.39, 0.29) is 16.3 Å². The maximum absolute atomic E-state index is 13.1. The van der Waals surface area contributed by atoms with Gasteiger partial charge in [0.2, 0.25) is 5.95 Å². The normalized spacial score (nSPS) is 10.3. The summed E-state index contributed by atoms with van der Waals surface area (Å²) in [6, 6.07) is 7.36. The summed E-state index contributed by atoms with van der Waals surface area (Å²) in [4.78, 5) is 14.5. The fourth-order valence-corrected chi connectivity index (χ4v) is 1.83. The third-order valence-electron chi connectivity index (χ3n) is 2.23. The Kier molecular flexibility index (Phi) is 3.41. The van der Waals surface area contributed by atoms with Gasteiger partial charge in [0.1, 0.15) is 0 Å². The van der Waals surface area contributed by atoms with Gasteiger partial charge in [-0.05, 0) is 18.2 Å². The van der Waals surface area contributed by atoms with E-state index in [0.717, 1.165) is 6.07 Å². The Bertz CT molecular complexity index is 587. The number of carbonyl (C=O) groups is 1. The molecule has 0 bridgehead atoms. The summed E-state index contributed by atoms with van der Waals surface area (Å²) in [6.45, 7) is 0. The lowest BCUT2D eigenvalue weighted by atomic mass is 10.1. The van der Waals surface area contributed by atoms with Crippen LogP contribution in [0.4, 0.5) is 4.39 Å². The van der Waals surface area contributed by atoms with Gasteiger partial charge in [0.25, 0.3) is 0 Å². The average molecular weight is 270 g/mol. The van der Waals surface area contributed by atoms with E-state index < -0.39 is 5.95 Å². The SMILES string of the molecule is O=Cc1ccc(F)nc1-c1cccc(Cl)c1Cl. The molecule has 5 heteroatoms. The van der Waals surface area contributed by atoms with Gasteiger partial charge in [-0.1, -0.05) is 35.3 Å². The Morgan fingerprint density at radius 1 is 1.18 bits per heavy atom. The second kappa shape index (κ2) is 4.82. The molecule has 86 valence electrons. The van der Waals surface area contributed by atoms with Crippen LogP contribution in [0.2, 0.25) is 10.0 Å². The molecule has 17 heavy (non-hydrogen) atoms. The predicted octanol–water partition coefficient (Wildman–Crippen LogP) is 4.01. The number of pyridine rings is 1. The molecule has 0 radical (unpaired) electrons. The van der Waals surface area contributed by atoms with Gasteiger partial charge < -0.3 is 0 Å². The van der Waals surface area contributed by atoms with Crippen molar-refractivity contribution in [2.75, 3.05) is 0 Å². The van der Waals surface area contributed by atoms with Crippen molar-refractivity contribution >= 4 is 29.5 Å². The number of nitrogens with zero attached hydrogens (tertiary/aromatic N) is 1. The summed E-state index contributed by atoms with van der Waals surface area (Å²) in [5.41, 5.74) is 0.879. The molecule has 0 aliphatic heterocycles. The maximum Gasteiger partial charge on any atom is 0.213 e. The van der Waals surface area contributed by atoms with E-state index in [1.807, 2.05) is 0 Å². The number of halogens is 3. The highest BCUT2D eigenvalue weighted by Crippen LogP contribution is 2.33. The van der Waals surface area contributed by atoms with E-state index in [4.69, 9.17) is 23.2 Å². The smallest absolute Gasteiger partial charge is 0.213 e. The number of aromatic nitrogens is 1. The van der Waals surface area contributed by atoms with Crippen LogP contribution < -0.4 is 0 Å². The van der Waals surface area contributed by atoms with Crippen LogP contribution in [0.3, 0.4) is 0 Å². The quantitative estimate of drug-likeness (QED) is 0.609. The molecule has 0 aliphatic rings. The van der Waals surface area contributed by atoms with Crippen molar-refractivity contribution in [1.29, 1.82) is 0 Å². The molecule has 1 aromatic carbocycles. The van der Waals surface area contributed by atoms with E-state index in [1.54, 1.807) is 18.2 Å². The molecule has 0 atom stereocenters. The zero-order valence-corrected chi connectivity index (χ0v) is 9.97. The van der Waals surface area contributed by atoms with E-state index in [2.05, 4.69) is 4.98 Å². The first-order valence-electron chi connectivity index (χ1n) is 4.69. The fraction of sp³-hybridized carbons (Fsp3) is 0. The number of hydrogen-bond donors (Lipinski definition) is 0. The van der Waals surface area contributed by atoms with E-state index in [0.29, 0.717) is 16.9 Å². The molecular weight excluding hydrogens is 264 g/mol. The molecule has 1 aromatic heterocycles. The van der Waals surface area contributed by atoms with Crippen molar-refractivity contribution < 1.29 is 9.18 Å². The zero-order chi connectivity index (χ0) is 12.4. The minimum Gasteiger partial charge on any atom is -0.298 e. The molecule has 1 heterocycles. The number of carbonyl (C=O) groups excluding carboxylic acids is 1. The van der Waals surface area contributed by atoms with Crippen LogP contribution in [0.1, 0.15) is 10.4 Å². The Morgan fingerprint density at radius 3 is 2.65 bits per heavy atom. The Morgan fingerprint density at radius 2 is 1.94 bits per heavy atom. The topological polar surface area (TPSA) is 30.0 Å². The number of aldehydes is 1. The van der Waals surface area contributed by atoms with Gasteiger partial charge in [-0.15, -0.1) is 0 Å². The van der Waals surface area contributed by atoms with Crippen LogP contribution in [0, 0.1) is 5.95 Å². The lowest BCUT2D eigenvalue weighted by molar-refractivity contribution is 0.112. The van der Waals surface area contributed by atoms with Crippen LogP contribution in [0.25, 0.3) is 11.3 Å². The van der Waals surface area contributed by atoms with Gasteiger partial charge in [-0.3, -0.25) is 4.79 Å². The minimum atomic E-state index is -0.679. The van der Waals surface area contributed by atoms with Gasteiger partial charge in [-0.2, -0.15) is 4.39 Å². The van der Waals surface area contributed by atoms with Gasteiger partial charge in [0, 0.05) is 11.1 Å². The minimum absolute atomic E-state index is 0.188. The first-order chi connectivity index (χ1) is 8.13. The highest BCUT2D eigenvalue weighted by Gasteiger charge is 2.13. The van der Waals surface area contributed by atoms with Crippen LogP contribution in [-0.4, -0.2) is 11.3 Å². The Hall–Kier alpha value is -1.45. The largest absolute Gasteiger partial charge is 0.298 e. The third kappa shape index (κ3) is 2.30. The van der Waals surface area contributed by atoms with Gasteiger partial charge in [0.05, 0.1) is 15.7 Å². The van der Waals surface area contributed by atoms with Crippen molar-refractivity contribution in [1.82, 2.24) is 4.98 Å². The summed E-state index contributed by atoms with van der Waals surface area (Å²) in [5, 5.41) is 0.572. The first-order valence-corrected chi connectivity index (χ1v) is 5.45. The molecule has 0 N–H and O–H groups in total. The molecule has 0 saturated heterocycles. The maximum atomic E-state index is 13.1. The number of hydrogen-bond acceptors (Lipinski definition) is 2. The van der Waals surface area contributed by atoms with E-state index in [1.165, 1.54) is 6.07 Å². The summed E-state index contributed by atoms with van der Waals surface area (Å²) in [7, 11) is 0. The summed E-state index contributed by atoms with van der Waals surface area (Å²) < 4.78 is 13.1. The number of rotatable bonds is 2. The van der Waals surface area contributed by atoms with Crippen molar-refractivity contribution in [3.05, 3.63) is 51.9 Å². The van der Waals surface area contributed by atoms with Crippen molar-refractivity contribution in [3.8, 4) is 11.3 Å². The zero-order valence-electron chi connectivity index (χ0n) is 8.45. The predicted molar refractivity (Wildman–Crippen MR) is 65.0 cm³/mol. The lowest BCUT2D eigenvalue weighted by Crippen LogP contribution is -1.95. The third-order valence-corrected chi connectivity index (χ3v) is 3.05. The highest BCUT2D eigenvalue weighted by molar-refractivity contribution is 6.43. The van der Waals surface area contributed by atoms with Crippen molar-refractivity contribution in [2.24, 2.45) is 0 Å². The van der Waals surface area contributed by atoms with E-state index in [9.17, 15) is 9.18 Å². The monoisotopic (exact) mass is 269 g/mol. The fourth-order valence-electron chi connectivity index (χ4n) is 1.44. The molecular formula is C12H6Cl2FNO. The lowest BCUT2D eigenvalue weighted by Gasteiger charge is -2.07. The Labute approximate surface area is 107 Å². The number of benzene rings is 1. The molecule has 2 rings (SSSR count). The van der Waals surface area contributed by atoms with Gasteiger partial charge >= 0.3 is 0 Å². The van der Waals surface area contributed by atoms with Crippen molar-refractivity contribution in [3.63, 3.8) is 0 Å². The van der Waals surface area contributed by atoms with Crippen LogP contribution in [0.5, 0.6) is 0 Å². The molecule has 0 fully saturated rings. The van der Waals surface area contributed by atoms with Crippen LogP contribution in [-0.2, 0) is 0 Å². The van der Waals surface area contributed by atoms with E-state index >= 15 is 0 Å².